The average molecular weight is 291 g/mol. The Morgan fingerprint density at radius 1 is 1.43 bits per heavy atom. The van der Waals surface area contributed by atoms with Gasteiger partial charge in [-0.2, -0.15) is 0 Å². The van der Waals surface area contributed by atoms with E-state index in [0.29, 0.717) is 25.7 Å². The maximum absolute atomic E-state index is 12.0. The smallest absolute Gasteiger partial charge is 0.239 e. The molecule has 0 saturated heterocycles. The molecule has 1 aromatic carbocycles. The predicted octanol–water partition coefficient (Wildman–Crippen LogP) is 1.31. The lowest BCUT2D eigenvalue weighted by Gasteiger charge is -2.35. The molecule has 116 valence electrons. The summed E-state index contributed by atoms with van der Waals surface area (Å²) in [7, 11) is 1.63. The highest BCUT2D eigenvalue weighted by Crippen LogP contribution is 2.33. The minimum absolute atomic E-state index is 0.0451. The number of para-hydroxylation sites is 1. The maximum Gasteiger partial charge on any atom is 0.239 e. The molecule has 1 aromatic rings. The molecular formula is C16H25N3O2. The van der Waals surface area contributed by atoms with Gasteiger partial charge in [0.1, 0.15) is 0 Å². The van der Waals surface area contributed by atoms with Gasteiger partial charge in [-0.15, -0.1) is 0 Å². The van der Waals surface area contributed by atoms with Crippen molar-refractivity contribution in [3.8, 4) is 0 Å². The molecule has 5 nitrogen and oxygen atoms in total. The molecule has 0 fully saturated rings. The number of hydrogen-bond acceptors (Lipinski definition) is 4. The van der Waals surface area contributed by atoms with Gasteiger partial charge in [0, 0.05) is 31.9 Å². The second-order valence-corrected chi connectivity index (χ2v) is 5.22. The van der Waals surface area contributed by atoms with Crippen LogP contribution in [-0.2, 0) is 9.53 Å². The largest absolute Gasteiger partial charge is 0.383 e. The summed E-state index contributed by atoms with van der Waals surface area (Å²) in [4.78, 5) is 14.1. The van der Waals surface area contributed by atoms with Crippen LogP contribution in [-0.4, -0.2) is 45.8 Å². The van der Waals surface area contributed by atoms with Gasteiger partial charge in [0.25, 0.3) is 0 Å². The van der Waals surface area contributed by atoms with Crippen molar-refractivity contribution in [2.45, 2.75) is 19.4 Å². The summed E-state index contributed by atoms with van der Waals surface area (Å²) in [5.74, 6) is 0.0451. The van der Waals surface area contributed by atoms with Gasteiger partial charge in [0.2, 0.25) is 5.91 Å². The van der Waals surface area contributed by atoms with E-state index < -0.39 is 0 Å². The summed E-state index contributed by atoms with van der Waals surface area (Å²) >= 11 is 0. The maximum atomic E-state index is 12.0. The minimum Gasteiger partial charge on any atom is -0.383 e. The van der Waals surface area contributed by atoms with Crippen LogP contribution in [0.15, 0.2) is 24.3 Å². The van der Waals surface area contributed by atoms with Crippen LogP contribution in [0.1, 0.15) is 24.9 Å². The zero-order valence-corrected chi connectivity index (χ0v) is 12.9. The Morgan fingerprint density at radius 3 is 3.00 bits per heavy atom. The van der Waals surface area contributed by atoms with Crippen LogP contribution in [0.5, 0.6) is 0 Å². The van der Waals surface area contributed by atoms with Crippen LogP contribution in [0.25, 0.3) is 0 Å². The van der Waals surface area contributed by atoms with E-state index >= 15 is 0 Å². The first-order chi connectivity index (χ1) is 10.3. The summed E-state index contributed by atoms with van der Waals surface area (Å²) < 4.78 is 4.94. The van der Waals surface area contributed by atoms with Crippen molar-refractivity contribution >= 4 is 11.6 Å². The summed E-state index contributed by atoms with van der Waals surface area (Å²) in [6.07, 6.45) is 1.02. The van der Waals surface area contributed by atoms with Crippen LogP contribution in [0.4, 0.5) is 5.69 Å². The van der Waals surface area contributed by atoms with E-state index in [9.17, 15) is 4.79 Å². The number of ether oxygens (including phenoxy) is 1. The Labute approximate surface area is 126 Å². The number of methoxy groups -OCH3 is 1. The van der Waals surface area contributed by atoms with E-state index in [1.807, 2.05) is 6.07 Å². The fourth-order valence-corrected chi connectivity index (χ4v) is 2.78. The number of amides is 1. The van der Waals surface area contributed by atoms with Crippen LogP contribution < -0.4 is 15.5 Å². The number of carbonyl (C=O) groups excluding carboxylic acids is 1. The first-order valence-electron chi connectivity index (χ1n) is 7.59. The van der Waals surface area contributed by atoms with E-state index in [-0.39, 0.29) is 5.91 Å². The van der Waals surface area contributed by atoms with Crippen molar-refractivity contribution in [3.05, 3.63) is 29.8 Å². The average Bonchev–Trinajstić information content (AvgIpc) is 2.50. The van der Waals surface area contributed by atoms with E-state index in [0.717, 1.165) is 25.2 Å². The standard InChI is InChI=1S/C16H25N3O2/c1-3-17-14-8-10-19(12-16(20)18-9-11-21-2)15-7-5-4-6-13(14)15/h4-7,14,17H,3,8-12H2,1-2H3,(H,18,20). The molecule has 0 aromatic heterocycles. The number of nitrogens with one attached hydrogen (secondary N) is 2. The van der Waals surface area contributed by atoms with Gasteiger partial charge in [-0.3, -0.25) is 4.79 Å². The molecule has 0 bridgehead atoms. The first kappa shape index (κ1) is 15.8. The lowest BCUT2D eigenvalue weighted by Crippen LogP contribution is -2.42. The number of anilines is 1. The number of hydrogen-bond donors (Lipinski definition) is 2. The van der Waals surface area contributed by atoms with Crippen molar-refractivity contribution in [2.24, 2.45) is 0 Å². The number of carbonyl (C=O) groups is 1. The monoisotopic (exact) mass is 291 g/mol. The minimum atomic E-state index is 0.0451. The van der Waals surface area contributed by atoms with Crippen LogP contribution in [0, 0.1) is 0 Å². The van der Waals surface area contributed by atoms with Crippen molar-refractivity contribution in [3.63, 3.8) is 0 Å². The van der Waals surface area contributed by atoms with E-state index in [2.05, 4.69) is 40.7 Å². The van der Waals surface area contributed by atoms with Gasteiger partial charge < -0.3 is 20.3 Å². The normalized spacial score (nSPS) is 17.4. The van der Waals surface area contributed by atoms with Crippen molar-refractivity contribution < 1.29 is 9.53 Å². The fourth-order valence-electron chi connectivity index (χ4n) is 2.78. The van der Waals surface area contributed by atoms with Crippen molar-refractivity contribution in [1.82, 2.24) is 10.6 Å². The molecule has 1 atom stereocenters. The Hall–Kier alpha value is -1.59. The zero-order chi connectivity index (χ0) is 15.1. The molecule has 0 aliphatic carbocycles. The molecule has 1 aliphatic rings. The predicted molar refractivity (Wildman–Crippen MR) is 84.6 cm³/mol. The zero-order valence-electron chi connectivity index (χ0n) is 12.9. The van der Waals surface area contributed by atoms with Crippen LogP contribution in [0.2, 0.25) is 0 Å². The highest BCUT2D eigenvalue weighted by atomic mass is 16.5. The molecule has 0 saturated carbocycles. The third-order valence-corrected chi connectivity index (χ3v) is 3.75. The highest BCUT2D eigenvalue weighted by Gasteiger charge is 2.25. The van der Waals surface area contributed by atoms with E-state index in [1.165, 1.54) is 5.56 Å². The number of benzene rings is 1. The van der Waals surface area contributed by atoms with Gasteiger partial charge in [-0.25, -0.2) is 0 Å². The summed E-state index contributed by atoms with van der Waals surface area (Å²) in [6.45, 7) is 5.48. The summed E-state index contributed by atoms with van der Waals surface area (Å²) in [6, 6.07) is 8.73. The molecule has 1 unspecified atom stereocenters. The van der Waals surface area contributed by atoms with E-state index in [4.69, 9.17) is 4.74 Å². The second kappa shape index (κ2) is 8.00. The van der Waals surface area contributed by atoms with Crippen molar-refractivity contribution in [1.29, 1.82) is 0 Å². The third kappa shape index (κ3) is 4.19. The molecule has 2 N–H and O–H groups in total. The quantitative estimate of drug-likeness (QED) is 0.744. The Kier molecular flexibility index (Phi) is 6.02. The molecule has 5 heteroatoms. The van der Waals surface area contributed by atoms with Gasteiger partial charge >= 0.3 is 0 Å². The number of nitrogens with zero attached hydrogens (tertiary/aromatic N) is 1. The molecule has 1 amide bonds. The van der Waals surface area contributed by atoms with E-state index in [1.54, 1.807) is 7.11 Å². The lowest BCUT2D eigenvalue weighted by molar-refractivity contribution is -0.120. The molecule has 21 heavy (non-hydrogen) atoms. The molecule has 0 spiro atoms. The second-order valence-electron chi connectivity index (χ2n) is 5.22. The van der Waals surface area contributed by atoms with Crippen molar-refractivity contribution in [2.75, 3.05) is 44.8 Å². The topological polar surface area (TPSA) is 53.6 Å². The third-order valence-electron chi connectivity index (χ3n) is 3.75. The molecule has 2 rings (SSSR count). The lowest BCUT2D eigenvalue weighted by atomic mass is 9.96. The Bertz CT molecular complexity index is 465. The number of rotatable bonds is 7. The van der Waals surface area contributed by atoms with Gasteiger partial charge in [-0.05, 0) is 24.6 Å². The van der Waals surface area contributed by atoms with Crippen LogP contribution in [0.3, 0.4) is 0 Å². The molecule has 1 heterocycles. The Morgan fingerprint density at radius 2 is 2.24 bits per heavy atom. The SMILES string of the molecule is CCNC1CCN(CC(=O)NCCOC)c2ccccc21. The fraction of sp³-hybridized carbons (Fsp3) is 0.562. The molecular weight excluding hydrogens is 266 g/mol. The summed E-state index contributed by atoms with van der Waals surface area (Å²) in [5, 5.41) is 6.39. The van der Waals surface area contributed by atoms with Crippen LogP contribution >= 0.6 is 0 Å². The first-order valence-corrected chi connectivity index (χ1v) is 7.59. The molecule has 0 radical (unpaired) electrons. The Balaban J connectivity index is 2.01. The summed E-state index contributed by atoms with van der Waals surface area (Å²) in [5.41, 5.74) is 2.45. The number of fused-ring (bicyclic) bond motifs is 1. The van der Waals surface area contributed by atoms with Gasteiger partial charge in [0.15, 0.2) is 0 Å². The van der Waals surface area contributed by atoms with Gasteiger partial charge in [-0.1, -0.05) is 25.1 Å². The molecule has 1 aliphatic heterocycles. The highest BCUT2D eigenvalue weighted by molar-refractivity contribution is 5.82. The van der Waals surface area contributed by atoms with Gasteiger partial charge in [0.05, 0.1) is 13.2 Å².